The van der Waals surface area contributed by atoms with E-state index in [4.69, 9.17) is 11.6 Å². The zero-order valence-electron chi connectivity index (χ0n) is 14.4. The van der Waals surface area contributed by atoms with Crippen molar-refractivity contribution in [2.75, 3.05) is 17.2 Å². The fraction of sp³-hybridized carbons (Fsp3) is 0.353. The van der Waals surface area contributed by atoms with Crippen molar-refractivity contribution in [3.05, 3.63) is 39.9 Å². The number of anilines is 2. The maximum Gasteiger partial charge on any atom is 0.325 e. The fourth-order valence-corrected chi connectivity index (χ4v) is 3.11. The molecule has 0 spiro atoms. The number of aromatic nitrogens is 1. The largest absolute Gasteiger partial charge is 0.351 e. The second kappa shape index (κ2) is 8.82. The Morgan fingerprint density at radius 3 is 2.72 bits per heavy atom. The van der Waals surface area contributed by atoms with Gasteiger partial charge in [-0.15, -0.1) is 0 Å². The summed E-state index contributed by atoms with van der Waals surface area (Å²) in [5.41, 5.74) is 1.16. The Bertz CT molecular complexity index is 761. The van der Waals surface area contributed by atoms with Crippen LogP contribution in [-0.2, 0) is 0 Å². The van der Waals surface area contributed by atoms with E-state index in [9.17, 15) is 9.59 Å². The lowest BCUT2D eigenvalue weighted by molar-refractivity contribution is 0.0955. The maximum atomic E-state index is 12.2. The van der Waals surface area contributed by atoms with Gasteiger partial charge in [0.05, 0.1) is 5.69 Å². The number of nitrogens with zero attached hydrogens (tertiary/aromatic N) is 1. The van der Waals surface area contributed by atoms with Gasteiger partial charge in [-0.25, -0.2) is 9.78 Å². The highest BCUT2D eigenvalue weighted by atomic mass is 35.5. The van der Waals surface area contributed by atoms with Crippen molar-refractivity contribution in [1.29, 1.82) is 0 Å². The third kappa shape index (κ3) is 6.03. The summed E-state index contributed by atoms with van der Waals surface area (Å²) in [7, 11) is 0. The van der Waals surface area contributed by atoms with Crippen molar-refractivity contribution >= 4 is 45.7 Å². The van der Waals surface area contributed by atoms with Gasteiger partial charge < -0.3 is 10.6 Å². The van der Waals surface area contributed by atoms with Gasteiger partial charge >= 0.3 is 6.03 Å². The van der Waals surface area contributed by atoms with E-state index in [2.05, 4.69) is 34.8 Å². The van der Waals surface area contributed by atoms with Crippen LogP contribution in [0.2, 0.25) is 5.02 Å². The number of halogens is 1. The number of benzene rings is 1. The van der Waals surface area contributed by atoms with Crippen molar-refractivity contribution in [2.24, 2.45) is 5.92 Å². The number of carbonyl (C=O) groups excluding carboxylic acids is 2. The lowest BCUT2D eigenvalue weighted by atomic mass is 10.1. The number of amides is 3. The first-order valence-corrected chi connectivity index (χ1v) is 9.14. The van der Waals surface area contributed by atoms with Crippen LogP contribution in [0.15, 0.2) is 24.3 Å². The highest BCUT2D eigenvalue weighted by molar-refractivity contribution is 7.17. The third-order valence-corrected chi connectivity index (χ3v) is 4.62. The molecule has 0 bridgehead atoms. The molecule has 25 heavy (non-hydrogen) atoms. The highest BCUT2D eigenvalue weighted by Crippen LogP contribution is 2.23. The second-order valence-electron chi connectivity index (χ2n) is 5.96. The first kappa shape index (κ1) is 19.2. The van der Waals surface area contributed by atoms with Crippen LogP contribution in [0.4, 0.5) is 15.6 Å². The monoisotopic (exact) mass is 380 g/mol. The van der Waals surface area contributed by atoms with Crippen LogP contribution in [0.1, 0.15) is 35.6 Å². The summed E-state index contributed by atoms with van der Waals surface area (Å²) in [6.45, 7) is 6.56. The van der Waals surface area contributed by atoms with E-state index >= 15 is 0 Å². The molecule has 8 heteroatoms. The minimum Gasteiger partial charge on any atom is -0.351 e. The molecular weight excluding hydrogens is 360 g/mol. The molecule has 2 aromatic rings. The average Bonchev–Trinajstić information content (AvgIpc) is 2.87. The Morgan fingerprint density at radius 2 is 2.04 bits per heavy atom. The molecule has 1 aromatic heterocycles. The van der Waals surface area contributed by atoms with Crippen LogP contribution < -0.4 is 16.0 Å². The van der Waals surface area contributed by atoms with Crippen molar-refractivity contribution < 1.29 is 9.59 Å². The minimum absolute atomic E-state index is 0.168. The molecule has 1 heterocycles. The summed E-state index contributed by atoms with van der Waals surface area (Å²) >= 11 is 7.03. The van der Waals surface area contributed by atoms with Crippen molar-refractivity contribution in [2.45, 2.75) is 27.2 Å². The van der Waals surface area contributed by atoms with E-state index in [1.807, 2.05) is 0 Å². The number of thiazole rings is 1. The quantitative estimate of drug-likeness (QED) is 0.688. The van der Waals surface area contributed by atoms with E-state index in [0.717, 1.165) is 17.8 Å². The molecule has 0 unspecified atom stereocenters. The molecule has 1 aromatic carbocycles. The molecule has 0 aliphatic rings. The molecule has 0 aliphatic carbocycles. The second-order valence-corrected chi connectivity index (χ2v) is 7.40. The molecule has 0 atom stereocenters. The predicted octanol–water partition coefficient (Wildman–Crippen LogP) is 4.52. The summed E-state index contributed by atoms with van der Waals surface area (Å²) in [6.07, 6.45) is 0.913. The predicted molar refractivity (Wildman–Crippen MR) is 103 cm³/mol. The average molecular weight is 381 g/mol. The summed E-state index contributed by atoms with van der Waals surface area (Å²) < 4.78 is 0. The number of nitrogens with one attached hydrogen (secondary N) is 3. The van der Waals surface area contributed by atoms with Crippen molar-refractivity contribution in [3.63, 3.8) is 0 Å². The van der Waals surface area contributed by atoms with Gasteiger partial charge in [-0.3, -0.25) is 10.1 Å². The van der Waals surface area contributed by atoms with E-state index in [1.54, 1.807) is 31.2 Å². The lowest BCUT2D eigenvalue weighted by Gasteiger charge is -2.06. The SMILES string of the molecule is Cc1nc(NC(=O)Nc2cccc(Cl)c2)sc1C(=O)NCCC(C)C. The van der Waals surface area contributed by atoms with Gasteiger partial charge in [0.2, 0.25) is 0 Å². The van der Waals surface area contributed by atoms with Crippen LogP contribution in [0.25, 0.3) is 0 Å². The Balaban J connectivity index is 1.94. The standard InChI is InChI=1S/C17H21ClN4O2S/c1-10(2)7-8-19-15(23)14-11(3)20-17(25-14)22-16(24)21-13-6-4-5-12(18)9-13/h4-6,9-10H,7-8H2,1-3H3,(H,19,23)(H2,20,21,22,24). The van der Waals surface area contributed by atoms with Gasteiger partial charge in [-0.1, -0.05) is 42.9 Å². The smallest absolute Gasteiger partial charge is 0.325 e. The molecule has 3 N–H and O–H groups in total. The van der Waals surface area contributed by atoms with Crippen LogP contribution in [-0.4, -0.2) is 23.5 Å². The first-order chi connectivity index (χ1) is 11.8. The Kier molecular flexibility index (Phi) is 6.78. The Hall–Kier alpha value is -2.12. The summed E-state index contributed by atoms with van der Waals surface area (Å²) in [6, 6.07) is 6.39. The Morgan fingerprint density at radius 1 is 1.28 bits per heavy atom. The zero-order chi connectivity index (χ0) is 18.4. The van der Waals surface area contributed by atoms with E-state index in [0.29, 0.717) is 38.9 Å². The summed E-state index contributed by atoms with van der Waals surface area (Å²) in [4.78, 5) is 29.0. The van der Waals surface area contributed by atoms with Gasteiger partial charge in [-0.2, -0.15) is 0 Å². The van der Waals surface area contributed by atoms with Gasteiger partial charge in [0, 0.05) is 17.3 Å². The molecule has 2 rings (SSSR count). The molecule has 0 aliphatic heterocycles. The van der Waals surface area contributed by atoms with Crippen molar-refractivity contribution in [1.82, 2.24) is 10.3 Å². The molecule has 6 nitrogen and oxygen atoms in total. The number of rotatable bonds is 6. The van der Waals surface area contributed by atoms with Gasteiger partial charge in [-0.05, 0) is 37.5 Å². The number of aryl methyl sites for hydroxylation is 1. The number of urea groups is 1. The van der Waals surface area contributed by atoms with Crippen LogP contribution in [0.5, 0.6) is 0 Å². The van der Waals surface area contributed by atoms with Gasteiger partial charge in [0.15, 0.2) is 5.13 Å². The maximum absolute atomic E-state index is 12.2. The normalized spacial score (nSPS) is 10.6. The molecule has 0 radical (unpaired) electrons. The third-order valence-electron chi connectivity index (χ3n) is 3.31. The number of carbonyl (C=O) groups is 2. The Labute approximate surface area is 156 Å². The topological polar surface area (TPSA) is 83.1 Å². The van der Waals surface area contributed by atoms with Gasteiger partial charge in [0.25, 0.3) is 5.91 Å². The van der Waals surface area contributed by atoms with E-state index < -0.39 is 6.03 Å². The number of hydrogen-bond acceptors (Lipinski definition) is 4. The summed E-state index contributed by atoms with van der Waals surface area (Å²) in [5, 5.41) is 9.07. The van der Waals surface area contributed by atoms with Crippen LogP contribution in [0.3, 0.4) is 0 Å². The van der Waals surface area contributed by atoms with E-state index in [-0.39, 0.29) is 5.91 Å². The van der Waals surface area contributed by atoms with Gasteiger partial charge in [0.1, 0.15) is 4.88 Å². The van der Waals surface area contributed by atoms with Crippen molar-refractivity contribution in [3.8, 4) is 0 Å². The minimum atomic E-state index is -0.442. The van der Waals surface area contributed by atoms with E-state index in [1.165, 1.54) is 0 Å². The fourth-order valence-electron chi connectivity index (χ4n) is 2.04. The van der Waals surface area contributed by atoms with Crippen LogP contribution in [0, 0.1) is 12.8 Å². The summed E-state index contributed by atoms with van der Waals surface area (Å²) in [5.74, 6) is 0.356. The lowest BCUT2D eigenvalue weighted by Crippen LogP contribution is -2.25. The molecular formula is C17H21ClN4O2S. The molecule has 134 valence electrons. The molecule has 0 fully saturated rings. The first-order valence-electron chi connectivity index (χ1n) is 7.94. The highest BCUT2D eigenvalue weighted by Gasteiger charge is 2.16. The molecule has 0 saturated heterocycles. The number of hydrogen-bond donors (Lipinski definition) is 3. The van der Waals surface area contributed by atoms with Crippen LogP contribution >= 0.6 is 22.9 Å². The molecule has 3 amide bonds. The zero-order valence-corrected chi connectivity index (χ0v) is 15.9. The molecule has 0 saturated carbocycles.